The third-order valence-electron chi connectivity index (χ3n) is 3.51. The largest absolute Gasteiger partial charge is 0.299 e. The van der Waals surface area contributed by atoms with Crippen LogP contribution in [0.2, 0.25) is 0 Å². The maximum Gasteiger partial charge on any atom is 0.135 e. The minimum absolute atomic E-state index is 0.0876. The van der Waals surface area contributed by atoms with Crippen molar-refractivity contribution in [2.45, 2.75) is 59.3 Å². The van der Waals surface area contributed by atoms with Crippen LogP contribution in [0.1, 0.15) is 59.3 Å². The van der Waals surface area contributed by atoms with Crippen LogP contribution in [0.5, 0.6) is 0 Å². The highest BCUT2D eigenvalue weighted by atomic mass is 16.1. The van der Waals surface area contributed by atoms with E-state index in [4.69, 9.17) is 0 Å². The number of ketones is 1. The van der Waals surface area contributed by atoms with Crippen LogP contribution in [0, 0.1) is 11.3 Å². The summed E-state index contributed by atoms with van der Waals surface area (Å²) >= 11 is 0. The van der Waals surface area contributed by atoms with E-state index in [1.807, 2.05) is 0 Å². The van der Waals surface area contributed by atoms with Gasteiger partial charge in [-0.15, -0.1) is 0 Å². The molecule has 0 radical (unpaired) electrons. The lowest BCUT2D eigenvalue weighted by Gasteiger charge is -2.26. The second-order valence-electron chi connectivity index (χ2n) is 4.98. The molecule has 0 N–H and O–H groups in total. The first-order valence-electron chi connectivity index (χ1n) is 5.58. The first-order valence-corrected chi connectivity index (χ1v) is 5.58. The Bertz CT molecular complexity index is 176. The van der Waals surface area contributed by atoms with Crippen molar-refractivity contribution in [1.82, 2.24) is 0 Å². The van der Waals surface area contributed by atoms with Crippen LogP contribution in [-0.4, -0.2) is 5.78 Å². The van der Waals surface area contributed by atoms with Gasteiger partial charge in [-0.05, 0) is 32.1 Å². The Labute approximate surface area is 81.9 Å². The minimum Gasteiger partial charge on any atom is -0.299 e. The summed E-state index contributed by atoms with van der Waals surface area (Å²) in [6.07, 6.45) is 7.15. The van der Waals surface area contributed by atoms with Crippen molar-refractivity contribution in [3.8, 4) is 0 Å². The van der Waals surface area contributed by atoms with Gasteiger partial charge in [0.05, 0.1) is 0 Å². The summed E-state index contributed by atoms with van der Waals surface area (Å²) < 4.78 is 0. The molecule has 0 saturated heterocycles. The predicted molar refractivity (Wildman–Crippen MR) is 55.7 cm³/mol. The van der Waals surface area contributed by atoms with Gasteiger partial charge in [-0.25, -0.2) is 0 Å². The summed E-state index contributed by atoms with van der Waals surface area (Å²) in [5.41, 5.74) is 0.0876. The zero-order valence-electron chi connectivity index (χ0n) is 9.23. The van der Waals surface area contributed by atoms with Crippen molar-refractivity contribution >= 4 is 5.78 Å². The van der Waals surface area contributed by atoms with Gasteiger partial charge in [-0.3, -0.25) is 4.79 Å². The molecule has 0 atom stereocenters. The lowest BCUT2D eigenvalue weighted by atomic mass is 9.77. The molecule has 0 unspecified atom stereocenters. The first-order chi connectivity index (χ1) is 6.07. The highest BCUT2D eigenvalue weighted by molar-refractivity contribution is 5.82. The van der Waals surface area contributed by atoms with Gasteiger partial charge in [0, 0.05) is 5.41 Å². The molecule has 1 fully saturated rings. The molecule has 0 bridgehead atoms. The van der Waals surface area contributed by atoms with Crippen LogP contribution in [0.3, 0.4) is 0 Å². The molecule has 1 aliphatic carbocycles. The van der Waals surface area contributed by atoms with Gasteiger partial charge in [-0.1, -0.05) is 33.1 Å². The molecule has 0 heterocycles. The smallest absolute Gasteiger partial charge is 0.135 e. The number of carbonyl (C=O) groups excluding carboxylic acids is 1. The maximum atomic E-state index is 11.6. The molecule has 1 heteroatoms. The van der Waals surface area contributed by atoms with Gasteiger partial charge in [0.1, 0.15) is 5.78 Å². The normalized spacial score (nSPS) is 20.9. The lowest BCUT2D eigenvalue weighted by molar-refractivity contribution is -0.126. The third-order valence-corrected chi connectivity index (χ3v) is 3.51. The summed E-state index contributed by atoms with van der Waals surface area (Å²) in [4.78, 5) is 11.6. The van der Waals surface area contributed by atoms with Gasteiger partial charge in [-0.2, -0.15) is 0 Å². The Morgan fingerprint density at radius 3 is 2.23 bits per heavy atom. The summed E-state index contributed by atoms with van der Waals surface area (Å²) in [6.45, 7) is 6.26. The van der Waals surface area contributed by atoms with Crippen LogP contribution in [-0.2, 0) is 4.79 Å². The minimum atomic E-state index is 0.0876. The molecular weight excluding hydrogens is 160 g/mol. The zero-order valence-corrected chi connectivity index (χ0v) is 9.23. The molecule has 0 aromatic heterocycles. The fourth-order valence-electron chi connectivity index (χ4n) is 2.39. The van der Waals surface area contributed by atoms with E-state index in [1.165, 1.54) is 19.3 Å². The van der Waals surface area contributed by atoms with E-state index in [-0.39, 0.29) is 5.41 Å². The molecule has 1 saturated carbocycles. The van der Waals surface area contributed by atoms with E-state index < -0.39 is 0 Å². The van der Waals surface area contributed by atoms with Crippen LogP contribution in [0.15, 0.2) is 0 Å². The average Bonchev–Trinajstić information content (AvgIpc) is 2.50. The SMILES string of the molecule is CC(=O)C1(CCC(C)C)CCCC1. The number of rotatable bonds is 4. The molecule has 1 nitrogen and oxygen atoms in total. The Kier molecular flexibility index (Phi) is 3.52. The predicted octanol–water partition coefficient (Wildman–Crippen LogP) is 3.57. The second-order valence-corrected chi connectivity index (χ2v) is 4.98. The number of Topliss-reactive ketones (excluding diaryl/α,β-unsaturated/α-hetero) is 1. The molecule has 0 aliphatic heterocycles. The first kappa shape index (κ1) is 10.7. The Morgan fingerprint density at radius 1 is 1.31 bits per heavy atom. The highest BCUT2D eigenvalue weighted by Crippen LogP contribution is 2.43. The van der Waals surface area contributed by atoms with E-state index >= 15 is 0 Å². The van der Waals surface area contributed by atoms with Crippen molar-refractivity contribution < 1.29 is 4.79 Å². The van der Waals surface area contributed by atoms with Gasteiger partial charge in [0.25, 0.3) is 0 Å². The van der Waals surface area contributed by atoms with Crippen molar-refractivity contribution in [3.05, 3.63) is 0 Å². The topological polar surface area (TPSA) is 17.1 Å². The Morgan fingerprint density at radius 2 is 1.85 bits per heavy atom. The van der Waals surface area contributed by atoms with Crippen LogP contribution in [0.25, 0.3) is 0 Å². The quantitative estimate of drug-likeness (QED) is 0.649. The maximum absolute atomic E-state index is 11.6. The molecule has 76 valence electrons. The van der Waals surface area contributed by atoms with Gasteiger partial charge < -0.3 is 0 Å². The zero-order chi connectivity index (χ0) is 9.90. The van der Waals surface area contributed by atoms with Crippen LogP contribution >= 0.6 is 0 Å². The second kappa shape index (κ2) is 4.26. The number of carbonyl (C=O) groups is 1. The fourth-order valence-corrected chi connectivity index (χ4v) is 2.39. The molecule has 13 heavy (non-hydrogen) atoms. The van der Waals surface area contributed by atoms with Crippen LogP contribution in [0.4, 0.5) is 0 Å². The molecular formula is C12H22O. The molecule has 0 aromatic rings. The summed E-state index contributed by atoms with van der Waals surface area (Å²) in [5, 5.41) is 0. The Balaban J connectivity index is 2.52. The summed E-state index contributed by atoms with van der Waals surface area (Å²) in [7, 11) is 0. The molecule has 0 spiro atoms. The van der Waals surface area contributed by atoms with Crippen molar-refractivity contribution in [3.63, 3.8) is 0 Å². The van der Waals surface area contributed by atoms with Gasteiger partial charge in [0.2, 0.25) is 0 Å². The fraction of sp³-hybridized carbons (Fsp3) is 0.917. The standard InChI is InChI=1S/C12H22O/c1-10(2)6-9-12(11(3)13)7-4-5-8-12/h10H,4-9H2,1-3H3. The van der Waals surface area contributed by atoms with Crippen molar-refractivity contribution in [2.75, 3.05) is 0 Å². The molecule has 1 aliphatic rings. The summed E-state index contributed by atoms with van der Waals surface area (Å²) in [6, 6.07) is 0. The average molecular weight is 182 g/mol. The third kappa shape index (κ3) is 2.55. The van der Waals surface area contributed by atoms with E-state index in [0.29, 0.717) is 5.78 Å². The van der Waals surface area contributed by atoms with Crippen LogP contribution < -0.4 is 0 Å². The highest BCUT2D eigenvalue weighted by Gasteiger charge is 2.37. The van der Waals surface area contributed by atoms with Crippen molar-refractivity contribution in [1.29, 1.82) is 0 Å². The lowest BCUT2D eigenvalue weighted by Crippen LogP contribution is -2.26. The van der Waals surface area contributed by atoms with E-state index in [1.54, 1.807) is 6.92 Å². The van der Waals surface area contributed by atoms with E-state index in [0.717, 1.165) is 25.2 Å². The number of hydrogen-bond donors (Lipinski definition) is 0. The van der Waals surface area contributed by atoms with Crippen molar-refractivity contribution in [2.24, 2.45) is 11.3 Å². The molecule has 0 aromatic carbocycles. The molecule has 0 amide bonds. The number of hydrogen-bond acceptors (Lipinski definition) is 1. The summed E-state index contributed by atoms with van der Waals surface area (Å²) in [5.74, 6) is 1.17. The van der Waals surface area contributed by atoms with E-state index in [9.17, 15) is 4.79 Å². The molecule has 1 rings (SSSR count). The van der Waals surface area contributed by atoms with E-state index in [2.05, 4.69) is 13.8 Å². The monoisotopic (exact) mass is 182 g/mol. The van der Waals surface area contributed by atoms with Gasteiger partial charge in [0.15, 0.2) is 0 Å². The van der Waals surface area contributed by atoms with Gasteiger partial charge >= 0.3 is 0 Å². The Hall–Kier alpha value is -0.330.